The minimum absolute atomic E-state index is 0.478. The van der Waals surface area contributed by atoms with Crippen LogP contribution >= 0.6 is 0 Å². The highest BCUT2D eigenvalue weighted by molar-refractivity contribution is 5.65. The zero-order chi connectivity index (χ0) is 11.5. The maximum atomic E-state index is 5.68. The molecule has 0 bridgehead atoms. The molecule has 16 heavy (non-hydrogen) atoms. The van der Waals surface area contributed by atoms with Crippen molar-refractivity contribution < 1.29 is 0 Å². The van der Waals surface area contributed by atoms with Gasteiger partial charge >= 0.3 is 0 Å². The fourth-order valence-corrected chi connectivity index (χ4v) is 1.85. The summed E-state index contributed by atoms with van der Waals surface area (Å²) in [6.45, 7) is 2.64. The van der Waals surface area contributed by atoms with Crippen molar-refractivity contribution in [1.82, 2.24) is 9.78 Å². The van der Waals surface area contributed by atoms with Crippen LogP contribution in [-0.4, -0.2) is 9.78 Å². The Kier molecular flexibility index (Phi) is 3.06. The molecule has 3 heteroatoms. The molecule has 0 saturated heterocycles. The van der Waals surface area contributed by atoms with Gasteiger partial charge in [-0.05, 0) is 17.5 Å². The lowest BCUT2D eigenvalue weighted by Crippen LogP contribution is -1.99. The topological polar surface area (TPSA) is 43.8 Å². The van der Waals surface area contributed by atoms with Crippen LogP contribution in [0.2, 0.25) is 0 Å². The molecule has 0 unspecified atom stereocenters. The fourth-order valence-electron chi connectivity index (χ4n) is 1.85. The van der Waals surface area contributed by atoms with E-state index in [0.717, 1.165) is 17.7 Å². The summed E-state index contributed by atoms with van der Waals surface area (Å²) < 4.78 is 1.81. The zero-order valence-electron chi connectivity index (χ0n) is 9.77. The van der Waals surface area contributed by atoms with Crippen molar-refractivity contribution in [2.24, 2.45) is 12.8 Å². The standard InChI is InChI=1S/C13H17N3/c1-3-10-4-6-11(7-5-10)12-9-16(2)15-13(12)8-14/h4-7,9H,3,8,14H2,1-2H3. The molecule has 3 nitrogen and oxygen atoms in total. The van der Waals surface area contributed by atoms with E-state index in [-0.39, 0.29) is 0 Å². The Bertz CT molecular complexity index is 468. The first-order valence-corrected chi connectivity index (χ1v) is 5.56. The van der Waals surface area contributed by atoms with Crippen LogP contribution in [0.3, 0.4) is 0 Å². The summed E-state index contributed by atoms with van der Waals surface area (Å²) in [6.07, 6.45) is 3.08. The van der Waals surface area contributed by atoms with Gasteiger partial charge in [-0.3, -0.25) is 4.68 Å². The van der Waals surface area contributed by atoms with Crippen LogP contribution in [0.1, 0.15) is 18.2 Å². The van der Waals surface area contributed by atoms with Gasteiger partial charge in [0.15, 0.2) is 0 Å². The molecule has 84 valence electrons. The summed E-state index contributed by atoms with van der Waals surface area (Å²) in [5.74, 6) is 0. The van der Waals surface area contributed by atoms with Gasteiger partial charge in [0.05, 0.1) is 5.69 Å². The molecule has 0 saturated carbocycles. The molecule has 1 aromatic carbocycles. The van der Waals surface area contributed by atoms with Crippen LogP contribution in [0, 0.1) is 0 Å². The summed E-state index contributed by atoms with van der Waals surface area (Å²) in [7, 11) is 1.92. The van der Waals surface area contributed by atoms with Gasteiger partial charge in [-0.2, -0.15) is 5.10 Å². The third-order valence-corrected chi connectivity index (χ3v) is 2.77. The van der Waals surface area contributed by atoms with Crippen molar-refractivity contribution in [3.63, 3.8) is 0 Å². The third-order valence-electron chi connectivity index (χ3n) is 2.77. The van der Waals surface area contributed by atoms with Crippen molar-refractivity contribution in [1.29, 1.82) is 0 Å². The Labute approximate surface area is 95.9 Å². The number of rotatable bonds is 3. The van der Waals surface area contributed by atoms with E-state index in [1.54, 1.807) is 0 Å². The van der Waals surface area contributed by atoms with E-state index in [1.165, 1.54) is 11.1 Å². The number of hydrogen-bond donors (Lipinski definition) is 1. The zero-order valence-corrected chi connectivity index (χ0v) is 9.77. The summed E-state index contributed by atoms with van der Waals surface area (Å²) in [5, 5.41) is 4.34. The van der Waals surface area contributed by atoms with E-state index in [0.29, 0.717) is 6.54 Å². The van der Waals surface area contributed by atoms with Gasteiger partial charge in [-0.1, -0.05) is 31.2 Å². The lowest BCUT2D eigenvalue weighted by molar-refractivity contribution is 0.742. The largest absolute Gasteiger partial charge is 0.325 e. The van der Waals surface area contributed by atoms with Crippen LogP contribution in [0.25, 0.3) is 11.1 Å². The second kappa shape index (κ2) is 4.49. The Morgan fingerprint density at radius 3 is 2.50 bits per heavy atom. The number of benzene rings is 1. The molecule has 1 aromatic heterocycles. The average Bonchev–Trinajstić information content (AvgIpc) is 2.70. The van der Waals surface area contributed by atoms with Gasteiger partial charge in [-0.15, -0.1) is 0 Å². The predicted octanol–water partition coefficient (Wildman–Crippen LogP) is 2.11. The third kappa shape index (κ3) is 1.99. The molecule has 1 heterocycles. The summed E-state index contributed by atoms with van der Waals surface area (Å²) in [6, 6.07) is 8.58. The Balaban J connectivity index is 2.41. The summed E-state index contributed by atoms with van der Waals surface area (Å²) >= 11 is 0. The number of nitrogens with zero attached hydrogens (tertiary/aromatic N) is 2. The molecule has 2 N–H and O–H groups in total. The predicted molar refractivity (Wildman–Crippen MR) is 65.9 cm³/mol. The molecule has 0 atom stereocenters. The van der Waals surface area contributed by atoms with Crippen molar-refractivity contribution in [2.45, 2.75) is 19.9 Å². The van der Waals surface area contributed by atoms with Crippen molar-refractivity contribution >= 4 is 0 Å². The fraction of sp³-hybridized carbons (Fsp3) is 0.308. The summed E-state index contributed by atoms with van der Waals surface area (Å²) in [5.41, 5.74) is 10.3. The molecule has 0 amide bonds. The molecule has 0 aliphatic heterocycles. The SMILES string of the molecule is CCc1ccc(-c2cn(C)nc2CN)cc1. The average molecular weight is 215 g/mol. The molecule has 2 aromatic rings. The van der Waals surface area contributed by atoms with Gasteiger partial charge in [0.25, 0.3) is 0 Å². The molecule has 2 rings (SSSR count). The van der Waals surface area contributed by atoms with Gasteiger partial charge in [0.1, 0.15) is 0 Å². The van der Waals surface area contributed by atoms with Crippen LogP contribution in [0.5, 0.6) is 0 Å². The second-order valence-corrected chi connectivity index (χ2v) is 3.92. The quantitative estimate of drug-likeness (QED) is 0.852. The first-order chi connectivity index (χ1) is 7.74. The highest BCUT2D eigenvalue weighted by Crippen LogP contribution is 2.22. The maximum absolute atomic E-state index is 5.68. The van der Waals surface area contributed by atoms with E-state index in [4.69, 9.17) is 5.73 Å². The molecule has 0 fully saturated rings. The summed E-state index contributed by atoms with van der Waals surface area (Å²) in [4.78, 5) is 0. The maximum Gasteiger partial charge on any atom is 0.0838 e. The molecule has 0 spiro atoms. The van der Waals surface area contributed by atoms with E-state index in [2.05, 4.69) is 36.3 Å². The normalized spacial score (nSPS) is 10.7. The molecular formula is C13H17N3. The highest BCUT2D eigenvalue weighted by Gasteiger charge is 2.07. The number of hydrogen-bond acceptors (Lipinski definition) is 2. The highest BCUT2D eigenvalue weighted by atomic mass is 15.3. The van der Waals surface area contributed by atoms with Crippen LogP contribution < -0.4 is 5.73 Å². The lowest BCUT2D eigenvalue weighted by Gasteiger charge is -2.02. The van der Waals surface area contributed by atoms with E-state index >= 15 is 0 Å². The van der Waals surface area contributed by atoms with Crippen molar-refractivity contribution in [2.75, 3.05) is 0 Å². The Morgan fingerprint density at radius 2 is 1.94 bits per heavy atom. The first kappa shape index (κ1) is 10.9. The molecule has 0 aliphatic carbocycles. The first-order valence-electron chi connectivity index (χ1n) is 5.56. The second-order valence-electron chi connectivity index (χ2n) is 3.92. The van der Waals surface area contributed by atoms with Crippen LogP contribution in [0.4, 0.5) is 0 Å². The van der Waals surface area contributed by atoms with E-state index in [1.807, 2.05) is 17.9 Å². The minimum atomic E-state index is 0.478. The van der Waals surface area contributed by atoms with E-state index in [9.17, 15) is 0 Å². The molecule has 0 radical (unpaired) electrons. The number of nitrogens with two attached hydrogens (primary N) is 1. The van der Waals surface area contributed by atoms with Crippen LogP contribution in [0.15, 0.2) is 30.5 Å². The van der Waals surface area contributed by atoms with Gasteiger partial charge in [-0.25, -0.2) is 0 Å². The Hall–Kier alpha value is -1.61. The number of aryl methyl sites for hydroxylation is 2. The van der Waals surface area contributed by atoms with Crippen molar-refractivity contribution in [3.8, 4) is 11.1 Å². The van der Waals surface area contributed by atoms with Gasteiger partial charge < -0.3 is 5.73 Å². The smallest absolute Gasteiger partial charge is 0.0838 e. The van der Waals surface area contributed by atoms with Crippen molar-refractivity contribution in [3.05, 3.63) is 41.7 Å². The molecule has 0 aliphatic rings. The van der Waals surface area contributed by atoms with E-state index < -0.39 is 0 Å². The molecular weight excluding hydrogens is 198 g/mol. The number of aromatic nitrogens is 2. The monoisotopic (exact) mass is 215 g/mol. The van der Waals surface area contributed by atoms with Crippen LogP contribution in [-0.2, 0) is 20.0 Å². The Morgan fingerprint density at radius 1 is 1.25 bits per heavy atom. The van der Waals surface area contributed by atoms with Gasteiger partial charge in [0.2, 0.25) is 0 Å². The lowest BCUT2D eigenvalue weighted by atomic mass is 10.0. The van der Waals surface area contributed by atoms with Gasteiger partial charge in [0, 0.05) is 25.4 Å². The minimum Gasteiger partial charge on any atom is -0.325 e.